The highest BCUT2D eigenvalue weighted by atomic mass is 79.9. The molecule has 1 amide bonds. The van der Waals surface area contributed by atoms with Gasteiger partial charge in [-0.1, -0.05) is 19.9 Å². The van der Waals surface area contributed by atoms with Crippen LogP contribution in [0.25, 0.3) is 0 Å². The van der Waals surface area contributed by atoms with Crippen LogP contribution in [-0.4, -0.2) is 5.91 Å². The van der Waals surface area contributed by atoms with Crippen molar-refractivity contribution in [3.63, 3.8) is 0 Å². The minimum Gasteiger partial charge on any atom is -0.380 e. The first-order valence-corrected chi connectivity index (χ1v) is 8.94. The lowest BCUT2D eigenvalue weighted by atomic mass is 10.2. The molecular weight excluding hydrogens is 416 g/mol. The summed E-state index contributed by atoms with van der Waals surface area (Å²) in [6, 6.07) is 9.84. The first-order chi connectivity index (χ1) is 9.95. The molecule has 0 unspecified atom stereocenters. The van der Waals surface area contributed by atoms with Crippen molar-refractivity contribution in [2.75, 3.05) is 10.6 Å². The summed E-state index contributed by atoms with van der Waals surface area (Å²) < 4.78 is 2.17. The predicted molar refractivity (Wildman–Crippen MR) is 97.0 cm³/mol. The third kappa shape index (κ3) is 4.83. The zero-order chi connectivity index (χ0) is 15.4. The van der Waals surface area contributed by atoms with Gasteiger partial charge in [0.05, 0.1) is 3.79 Å². The van der Waals surface area contributed by atoms with Gasteiger partial charge in [-0.2, -0.15) is 0 Å². The van der Waals surface area contributed by atoms with E-state index >= 15 is 0 Å². The van der Waals surface area contributed by atoms with Crippen molar-refractivity contribution >= 4 is 60.5 Å². The fourth-order valence-corrected chi connectivity index (χ4v) is 3.78. The molecule has 1 aromatic carbocycles. The highest BCUT2D eigenvalue weighted by molar-refractivity contribution is 9.13. The van der Waals surface area contributed by atoms with Crippen LogP contribution in [0.4, 0.5) is 11.4 Å². The zero-order valence-corrected chi connectivity index (χ0v) is 15.7. The Bertz CT molecular complexity index is 621. The van der Waals surface area contributed by atoms with E-state index in [-0.39, 0.29) is 11.8 Å². The molecule has 112 valence electrons. The summed E-state index contributed by atoms with van der Waals surface area (Å²) in [5.74, 6) is 0.000650. The molecule has 1 aromatic heterocycles. The minimum absolute atomic E-state index is 0.0255. The van der Waals surface area contributed by atoms with Crippen molar-refractivity contribution in [3.8, 4) is 0 Å². The molecule has 2 rings (SSSR count). The second-order valence-corrected chi connectivity index (χ2v) is 8.22. The van der Waals surface area contributed by atoms with Gasteiger partial charge < -0.3 is 10.6 Å². The lowest BCUT2D eigenvalue weighted by Gasteiger charge is -2.10. The lowest BCUT2D eigenvalue weighted by Crippen LogP contribution is -2.17. The number of carbonyl (C=O) groups excluding carboxylic acids is 1. The number of amides is 1. The molecule has 0 aliphatic heterocycles. The number of carbonyl (C=O) groups is 1. The summed E-state index contributed by atoms with van der Waals surface area (Å²) in [6.45, 7) is 4.50. The molecule has 0 spiro atoms. The standard InChI is InChI=1S/C15H16Br2N2OS/c1-9(2)15(20)19-11-5-3-4-10(6-11)18-8-12-7-13(16)14(17)21-12/h3-7,9,18H,8H2,1-2H3,(H,19,20). The summed E-state index contributed by atoms with van der Waals surface area (Å²) in [7, 11) is 0. The van der Waals surface area contributed by atoms with Gasteiger partial charge in [-0.15, -0.1) is 11.3 Å². The van der Waals surface area contributed by atoms with Gasteiger partial charge in [-0.05, 0) is 56.1 Å². The molecular formula is C15H16Br2N2OS. The normalized spacial score (nSPS) is 10.7. The molecule has 2 N–H and O–H groups in total. The van der Waals surface area contributed by atoms with Crippen LogP contribution < -0.4 is 10.6 Å². The summed E-state index contributed by atoms with van der Waals surface area (Å²) in [6.07, 6.45) is 0. The van der Waals surface area contributed by atoms with Crippen LogP contribution in [0.2, 0.25) is 0 Å². The van der Waals surface area contributed by atoms with Gasteiger partial charge in [-0.25, -0.2) is 0 Å². The van der Waals surface area contributed by atoms with Crippen LogP contribution in [-0.2, 0) is 11.3 Å². The average Bonchev–Trinajstić information content (AvgIpc) is 2.76. The molecule has 0 saturated carbocycles. The van der Waals surface area contributed by atoms with Crippen molar-refractivity contribution in [1.29, 1.82) is 0 Å². The Balaban J connectivity index is 1.99. The second-order valence-electron chi connectivity index (χ2n) is 4.91. The smallest absolute Gasteiger partial charge is 0.226 e. The maximum Gasteiger partial charge on any atom is 0.226 e. The van der Waals surface area contributed by atoms with E-state index in [0.717, 1.165) is 26.2 Å². The Labute approximate surface area is 145 Å². The van der Waals surface area contributed by atoms with Crippen molar-refractivity contribution in [2.45, 2.75) is 20.4 Å². The van der Waals surface area contributed by atoms with Crippen molar-refractivity contribution in [3.05, 3.63) is 43.5 Å². The van der Waals surface area contributed by atoms with Crippen LogP contribution in [0.3, 0.4) is 0 Å². The number of benzene rings is 1. The third-order valence-corrected chi connectivity index (χ3v) is 6.07. The molecule has 2 aromatic rings. The fourth-order valence-electron chi connectivity index (χ4n) is 1.66. The topological polar surface area (TPSA) is 41.1 Å². The van der Waals surface area contributed by atoms with E-state index in [2.05, 4.69) is 48.6 Å². The second kappa shape index (κ2) is 7.42. The van der Waals surface area contributed by atoms with E-state index in [1.807, 2.05) is 38.1 Å². The predicted octanol–water partition coefficient (Wildman–Crippen LogP) is 5.48. The van der Waals surface area contributed by atoms with Crippen LogP contribution in [0.5, 0.6) is 0 Å². The minimum atomic E-state index is -0.0255. The van der Waals surface area contributed by atoms with Crippen LogP contribution >= 0.6 is 43.2 Å². The molecule has 21 heavy (non-hydrogen) atoms. The Morgan fingerprint density at radius 3 is 2.57 bits per heavy atom. The number of hydrogen-bond donors (Lipinski definition) is 2. The maximum atomic E-state index is 11.7. The number of halogens is 2. The molecule has 0 saturated heterocycles. The van der Waals surface area contributed by atoms with E-state index < -0.39 is 0 Å². The molecule has 0 atom stereocenters. The van der Waals surface area contributed by atoms with Gasteiger partial charge in [0.2, 0.25) is 5.91 Å². The van der Waals surface area contributed by atoms with E-state index in [0.29, 0.717) is 0 Å². The Kier molecular flexibility index (Phi) is 5.84. The number of hydrogen-bond acceptors (Lipinski definition) is 3. The van der Waals surface area contributed by atoms with Gasteiger partial charge in [0.1, 0.15) is 0 Å². The Morgan fingerprint density at radius 1 is 1.24 bits per heavy atom. The Morgan fingerprint density at radius 2 is 1.95 bits per heavy atom. The largest absolute Gasteiger partial charge is 0.380 e. The summed E-state index contributed by atoms with van der Waals surface area (Å²) >= 11 is 8.66. The van der Waals surface area contributed by atoms with Gasteiger partial charge in [0.25, 0.3) is 0 Å². The van der Waals surface area contributed by atoms with E-state index in [1.165, 1.54) is 4.88 Å². The van der Waals surface area contributed by atoms with Crippen LogP contribution in [0.1, 0.15) is 18.7 Å². The third-order valence-electron chi connectivity index (χ3n) is 2.82. The van der Waals surface area contributed by atoms with E-state index in [1.54, 1.807) is 11.3 Å². The van der Waals surface area contributed by atoms with Crippen molar-refractivity contribution in [2.24, 2.45) is 5.92 Å². The quantitative estimate of drug-likeness (QED) is 0.657. The first kappa shape index (κ1) is 16.5. The van der Waals surface area contributed by atoms with Crippen molar-refractivity contribution in [1.82, 2.24) is 0 Å². The Hall–Kier alpha value is -0.850. The molecule has 0 aliphatic carbocycles. The highest BCUT2D eigenvalue weighted by Crippen LogP contribution is 2.32. The monoisotopic (exact) mass is 430 g/mol. The van der Waals surface area contributed by atoms with Crippen molar-refractivity contribution < 1.29 is 4.79 Å². The number of rotatable bonds is 5. The molecule has 0 radical (unpaired) electrons. The van der Waals surface area contributed by atoms with Gasteiger partial charge in [0.15, 0.2) is 0 Å². The summed E-state index contributed by atoms with van der Waals surface area (Å²) in [5, 5.41) is 6.26. The van der Waals surface area contributed by atoms with E-state index in [9.17, 15) is 4.79 Å². The van der Waals surface area contributed by atoms with E-state index in [4.69, 9.17) is 0 Å². The molecule has 0 fully saturated rings. The fraction of sp³-hybridized carbons (Fsp3) is 0.267. The first-order valence-electron chi connectivity index (χ1n) is 6.54. The number of anilines is 2. The molecule has 0 aliphatic rings. The van der Waals surface area contributed by atoms with Crippen LogP contribution in [0.15, 0.2) is 38.6 Å². The maximum absolute atomic E-state index is 11.7. The zero-order valence-electron chi connectivity index (χ0n) is 11.7. The summed E-state index contributed by atoms with van der Waals surface area (Å²) in [4.78, 5) is 12.9. The number of thiophene rings is 1. The highest BCUT2D eigenvalue weighted by Gasteiger charge is 2.07. The molecule has 1 heterocycles. The van der Waals surface area contributed by atoms with Gasteiger partial charge >= 0.3 is 0 Å². The SMILES string of the molecule is CC(C)C(=O)Nc1cccc(NCc2cc(Br)c(Br)s2)c1. The van der Waals surface area contributed by atoms with Crippen LogP contribution in [0, 0.1) is 5.92 Å². The molecule has 0 bridgehead atoms. The molecule has 3 nitrogen and oxygen atoms in total. The summed E-state index contributed by atoms with van der Waals surface area (Å²) in [5.41, 5.74) is 1.80. The average molecular weight is 432 g/mol. The van der Waals surface area contributed by atoms with Gasteiger partial charge in [-0.3, -0.25) is 4.79 Å². The number of nitrogens with one attached hydrogen (secondary N) is 2. The molecule has 6 heteroatoms. The van der Waals surface area contributed by atoms with Gasteiger partial charge in [0, 0.05) is 33.2 Å². The lowest BCUT2D eigenvalue weighted by molar-refractivity contribution is -0.118.